The molecule has 0 unspecified atom stereocenters. The van der Waals surface area contributed by atoms with Crippen LogP contribution in [0.1, 0.15) is 5.56 Å². The molecule has 0 saturated heterocycles. The van der Waals surface area contributed by atoms with Gasteiger partial charge in [0.05, 0.1) is 5.57 Å². The maximum Gasteiger partial charge on any atom is 0.349 e. The van der Waals surface area contributed by atoms with Crippen molar-refractivity contribution in [3.63, 3.8) is 0 Å². The predicted octanol–water partition coefficient (Wildman–Crippen LogP) is 2.15. The molecule has 0 spiro atoms. The standard InChI is InChI=1S/C15H10O5/c16-14(17)11-7-10-9-4-2-1-3-8(9)5-6-12(10)20-13(11)15(18)19/h1-7,13H,(H,16,17)(H,18,19)/t13-/m1/s1. The normalized spacial score (nSPS) is 17.0. The van der Waals surface area contributed by atoms with Crippen molar-refractivity contribution >= 4 is 28.8 Å². The first kappa shape index (κ1) is 12.2. The van der Waals surface area contributed by atoms with Gasteiger partial charge in [0.2, 0.25) is 6.10 Å². The van der Waals surface area contributed by atoms with Crippen molar-refractivity contribution in [2.24, 2.45) is 0 Å². The second kappa shape index (κ2) is 4.38. The first-order valence-electron chi connectivity index (χ1n) is 5.94. The van der Waals surface area contributed by atoms with E-state index in [1.807, 2.05) is 30.3 Å². The number of hydrogen-bond donors (Lipinski definition) is 2. The van der Waals surface area contributed by atoms with Gasteiger partial charge in [-0.3, -0.25) is 0 Å². The Morgan fingerprint density at radius 1 is 1.05 bits per heavy atom. The quantitative estimate of drug-likeness (QED) is 0.873. The fraction of sp³-hybridized carbons (Fsp3) is 0.0667. The number of hydrogen-bond acceptors (Lipinski definition) is 3. The maximum atomic E-state index is 11.2. The van der Waals surface area contributed by atoms with E-state index in [1.165, 1.54) is 6.08 Å². The van der Waals surface area contributed by atoms with Gasteiger partial charge in [-0.15, -0.1) is 0 Å². The second-order valence-electron chi connectivity index (χ2n) is 4.44. The maximum absolute atomic E-state index is 11.2. The minimum Gasteiger partial charge on any atom is -0.478 e. The number of fused-ring (bicyclic) bond motifs is 3. The zero-order chi connectivity index (χ0) is 14.3. The molecule has 2 N–H and O–H groups in total. The molecule has 20 heavy (non-hydrogen) atoms. The first-order valence-corrected chi connectivity index (χ1v) is 5.94. The number of carboxylic acids is 2. The number of benzene rings is 2. The molecule has 100 valence electrons. The topological polar surface area (TPSA) is 83.8 Å². The van der Waals surface area contributed by atoms with Crippen molar-refractivity contribution in [3.8, 4) is 5.75 Å². The molecule has 1 atom stereocenters. The molecular formula is C15H10O5. The Labute approximate surface area is 113 Å². The highest BCUT2D eigenvalue weighted by molar-refractivity contribution is 6.04. The molecule has 5 nitrogen and oxygen atoms in total. The molecule has 1 aliphatic rings. The van der Waals surface area contributed by atoms with Crippen LogP contribution < -0.4 is 4.74 Å². The Kier molecular flexibility index (Phi) is 2.68. The van der Waals surface area contributed by atoms with Crippen molar-refractivity contribution in [2.75, 3.05) is 0 Å². The van der Waals surface area contributed by atoms with Crippen LogP contribution in [-0.4, -0.2) is 28.3 Å². The van der Waals surface area contributed by atoms with Crippen LogP contribution in [0.3, 0.4) is 0 Å². The van der Waals surface area contributed by atoms with E-state index in [1.54, 1.807) is 6.07 Å². The smallest absolute Gasteiger partial charge is 0.349 e. The van der Waals surface area contributed by atoms with E-state index in [0.717, 1.165) is 10.8 Å². The molecule has 0 fully saturated rings. The zero-order valence-corrected chi connectivity index (χ0v) is 10.2. The summed E-state index contributed by atoms with van der Waals surface area (Å²) >= 11 is 0. The fourth-order valence-corrected chi connectivity index (χ4v) is 2.31. The van der Waals surface area contributed by atoms with Crippen molar-refractivity contribution in [1.82, 2.24) is 0 Å². The molecule has 0 radical (unpaired) electrons. The lowest BCUT2D eigenvalue weighted by Crippen LogP contribution is -2.34. The molecule has 2 aromatic rings. The van der Waals surface area contributed by atoms with Gasteiger partial charge in [0.25, 0.3) is 0 Å². The lowest BCUT2D eigenvalue weighted by molar-refractivity contribution is -0.146. The molecule has 1 aliphatic heterocycles. The molecule has 0 aromatic heterocycles. The van der Waals surface area contributed by atoms with E-state index < -0.39 is 18.0 Å². The van der Waals surface area contributed by atoms with Gasteiger partial charge >= 0.3 is 11.9 Å². The third kappa shape index (κ3) is 1.80. The van der Waals surface area contributed by atoms with Gasteiger partial charge in [-0.25, -0.2) is 9.59 Å². The van der Waals surface area contributed by atoms with Crippen molar-refractivity contribution in [3.05, 3.63) is 47.5 Å². The monoisotopic (exact) mass is 270 g/mol. The highest BCUT2D eigenvalue weighted by Crippen LogP contribution is 2.35. The summed E-state index contributed by atoms with van der Waals surface area (Å²) in [6, 6.07) is 10.9. The SMILES string of the molecule is O=C(O)C1=Cc2c(ccc3ccccc23)O[C@H]1C(=O)O. The number of carbonyl (C=O) groups is 2. The molecule has 0 amide bonds. The van der Waals surface area contributed by atoms with Gasteiger partial charge in [0, 0.05) is 5.56 Å². The Morgan fingerprint density at radius 3 is 2.50 bits per heavy atom. The van der Waals surface area contributed by atoms with Crippen molar-refractivity contribution < 1.29 is 24.5 Å². The van der Waals surface area contributed by atoms with Gasteiger partial charge in [-0.1, -0.05) is 30.3 Å². The number of aliphatic carboxylic acids is 2. The first-order chi connectivity index (χ1) is 9.58. The molecule has 0 bridgehead atoms. The van der Waals surface area contributed by atoms with Crippen LogP contribution in [0.5, 0.6) is 5.75 Å². The molecule has 0 aliphatic carbocycles. The average Bonchev–Trinajstić information content (AvgIpc) is 2.45. The Bertz CT molecular complexity index is 760. The summed E-state index contributed by atoms with van der Waals surface area (Å²) in [7, 11) is 0. The second-order valence-corrected chi connectivity index (χ2v) is 4.44. The summed E-state index contributed by atoms with van der Waals surface area (Å²) < 4.78 is 5.33. The van der Waals surface area contributed by atoms with Gasteiger partial charge in [-0.2, -0.15) is 0 Å². The number of carboxylic acid groups (broad SMARTS) is 2. The molecule has 3 rings (SSSR count). The Balaban J connectivity index is 2.27. The lowest BCUT2D eigenvalue weighted by Gasteiger charge is -2.23. The van der Waals surface area contributed by atoms with E-state index in [9.17, 15) is 9.59 Å². The Morgan fingerprint density at radius 2 is 1.80 bits per heavy atom. The van der Waals surface area contributed by atoms with Crippen molar-refractivity contribution in [2.45, 2.75) is 6.10 Å². The Hall–Kier alpha value is -2.82. The van der Waals surface area contributed by atoms with Crippen LogP contribution in [0.4, 0.5) is 0 Å². The summed E-state index contributed by atoms with van der Waals surface area (Å²) in [5, 5.41) is 20.0. The highest BCUT2D eigenvalue weighted by atomic mass is 16.5. The van der Waals surface area contributed by atoms with Crippen LogP contribution in [0.2, 0.25) is 0 Å². The van der Waals surface area contributed by atoms with Crippen LogP contribution in [0, 0.1) is 0 Å². The summed E-state index contributed by atoms with van der Waals surface area (Å²) in [6.07, 6.45) is -0.108. The summed E-state index contributed by atoms with van der Waals surface area (Å²) in [4.78, 5) is 22.3. The molecule has 0 saturated carbocycles. The molecular weight excluding hydrogens is 260 g/mol. The molecule has 1 heterocycles. The van der Waals surface area contributed by atoms with Gasteiger partial charge < -0.3 is 14.9 Å². The van der Waals surface area contributed by atoms with Crippen LogP contribution in [0.25, 0.3) is 16.8 Å². The van der Waals surface area contributed by atoms with E-state index in [0.29, 0.717) is 11.3 Å². The number of ether oxygens (including phenoxy) is 1. The highest BCUT2D eigenvalue weighted by Gasteiger charge is 2.33. The largest absolute Gasteiger partial charge is 0.478 e. The number of rotatable bonds is 2. The third-order valence-electron chi connectivity index (χ3n) is 3.23. The van der Waals surface area contributed by atoms with Crippen LogP contribution >= 0.6 is 0 Å². The van der Waals surface area contributed by atoms with Crippen molar-refractivity contribution in [1.29, 1.82) is 0 Å². The minimum absolute atomic E-state index is 0.277. The minimum atomic E-state index is -1.49. The van der Waals surface area contributed by atoms with Gasteiger partial charge in [-0.05, 0) is 22.9 Å². The molecule has 5 heteroatoms. The lowest BCUT2D eigenvalue weighted by atomic mass is 9.97. The van der Waals surface area contributed by atoms with E-state index in [-0.39, 0.29) is 5.57 Å². The summed E-state index contributed by atoms with van der Waals surface area (Å²) in [5.41, 5.74) is 0.319. The van der Waals surface area contributed by atoms with Crippen LogP contribution in [0.15, 0.2) is 42.0 Å². The summed E-state index contributed by atoms with van der Waals surface area (Å²) in [5.74, 6) is -2.24. The zero-order valence-electron chi connectivity index (χ0n) is 10.2. The van der Waals surface area contributed by atoms with E-state index >= 15 is 0 Å². The average molecular weight is 270 g/mol. The van der Waals surface area contributed by atoms with Crippen LogP contribution in [-0.2, 0) is 9.59 Å². The van der Waals surface area contributed by atoms with E-state index in [2.05, 4.69) is 0 Å². The van der Waals surface area contributed by atoms with Gasteiger partial charge in [0.15, 0.2) is 0 Å². The fourth-order valence-electron chi connectivity index (χ4n) is 2.31. The predicted molar refractivity (Wildman–Crippen MR) is 71.6 cm³/mol. The molecule has 2 aromatic carbocycles. The third-order valence-corrected chi connectivity index (χ3v) is 3.23. The van der Waals surface area contributed by atoms with E-state index in [4.69, 9.17) is 14.9 Å². The van der Waals surface area contributed by atoms with Gasteiger partial charge in [0.1, 0.15) is 5.75 Å². The summed E-state index contributed by atoms with van der Waals surface area (Å²) in [6.45, 7) is 0.